The molecule has 0 aliphatic heterocycles. The maximum atomic E-state index is 12.8. The van der Waals surface area contributed by atoms with Crippen LogP contribution in [-0.4, -0.2) is 20.2 Å². The second kappa shape index (κ2) is 10.2. The van der Waals surface area contributed by atoms with Gasteiger partial charge < -0.3 is 25.2 Å². The zero-order valence-electron chi connectivity index (χ0n) is 16.8. The largest absolute Gasteiger partial charge is 0.619 e. The van der Waals surface area contributed by atoms with Gasteiger partial charge in [-0.3, -0.25) is 0 Å². The van der Waals surface area contributed by atoms with Crippen molar-refractivity contribution in [2.24, 2.45) is 5.73 Å². The molecule has 0 aliphatic carbocycles. The van der Waals surface area contributed by atoms with Crippen LogP contribution in [0.25, 0.3) is 0 Å². The van der Waals surface area contributed by atoms with Crippen molar-refractivity contribution in [1.82, 2.24) is 0 Å². The minimum Gasteiger partial charge on any atom is -0.619 e. The average molecular weight is 483 g/mol. The quantitative estimate of drug-likeness (QED) is 0.292. The van der Waals surface area contributed by atoms with Gasteiger partial charge in [-0.25, -0.2) is 4.79 Å². The van der Waals surface area contributed by atoms with E-state index in [2.05, 4.69) is 0 Å². The highest BCUT2D eigenvalue weighted by Gasteiger charge is 2.25. The van der Waals surface area contributed by atoms with Crippen molar-refractivity contribution in [3.8, 4) is 11.5 Å². The van der Waals surface area contributed by atoms with Crippen LogP contribution in [0.5, 0.6) is 11.5 Å². The Balaban J connectivity index is 1.98. The predicted octanol–water partition coefficient (Wildman–Crippen LogP) is 4.31. The third-order valence-corrected chi connectivity index (χ3v) is 6.28. The minimum atomic E-state index is -0.756. The molecule has 3 aromatic rings. The number of esters is 1. The first-order valence-electron chi connectivity index (χ1n) is 9.14. The van der Waals surface area contributed by atoms with E-state index in [1.54, 1.807) is 30.3 Å². The zero-order valence-corrected chi connectivity index (χ0v) is 19.1. The van der Waals surface area contributed by atoms with Crippen molar-refractivity contribution in [3.05, 3.63) is 78.9 Å². The number of nitrogens with two attached hydrogens (primary N) is 1. The van der Waals surface area contributed by atoms with Crippen LogP contribution in [0.15, 0.2) is 42.7 Å². The molecule has 0 unspecified atom stereocenters. The number of hydrogen-bond donors (Lipinski definition) is 1. The Kier molecular flexibility index (Phi) is 7.61. The molecule has 2 aromatic heterocycles. The Bertz CT molecular complexity index is 1070. The number of aromatic nitrogens is 1. The normalized spacial score (nSPS) is 11.8. The summed E-state index contributed by atoms with van der Waals surface area (Å²) in [6.07, 6.45) is 1.79. The highest BCUT2D eigenvalue weighted by molar-refractivity contribution is 7.13. The van der Waals surface area contributed by atoms with E-state index in [1.807, 2.05) is 0 Å². The fourth-order valence-corrected chi connectivity index (χ4v) is 4.34. The van der Waals surface area contributed by atoms with Crippen molar-refractivity contribution in [2.45, 2.75) is 19.1 Å². The van der Waals surface area contributed by atoms with Crippen LogP contribution in [-0.2, 0) is 17.7 Å². The molecule has 0 radical (unpaired) electrons. The van der Waals surface area contributed by atoms with Gasteiger partial charge in [-0.1, -0.05) is 29.3 Å². The second-order valence-corrected chi connectivity index (χ2v) is 8.46. The van der Waals surface area contributed by atoms with Crippen LogP contribution in [0.1, 0.15) is 31.8 Å². The van der Waals surface area contributed by atoms with Crippen LogP contribution in [0.3, 0.4) is 0 Å². The Hall–Kier alpha value is -2.52. The van der Waals surface area contributed by atoms with Crippen molar-refractivity contribution < 1.29 is 23.7 Å². The lowest BCUT2D eigenvalue weighted by Gasteiger charge is -2.20. The molecule has 10 heteroatoms. The molecular weight excluding hydrogens is 463 g/mol. The molecule has 164 valence electrons. The smallest absolute Gasteiger partial charge is 0.348 e. The molecule has 0 spiro atoms. The van der Waals surface area contributed by atoms with E-state index in [0.717, 1.165) is 4.88 Å². The van der Waals surface area contributed by atoms with Gasteiger partial charge in [0.15, 0.2) is 23.9 Å². The number of carbonyl (C=O) groups is 1. The van der Waals surface area contributed by atoms with Crippen LogP contribution in [0.2, 0.25) is 10.0 Å². The number of carbonyl (C=O) groups excluding carboxylic acids is 1. The summed E-state index contributed by atoms with van der Waals surface area (Å²) in [6, 6.07) is 8.65. The number of pyridine rings is 1. The fraction of sp³-hybridized carbons (Fsp3) is 0.238. The van der Waals surface area contributed by atoms with Gasteiger partial charge in [0.2, 0.25) is 0 Å². The molecule has 3 rings (SSSR count). The Morgan fingerprint density at radius 3 is 2.39 bits per heavy atom. The lowest BCUT2D eigenvalue weighted by atomic mass is 10.0. The van der Waals surface area contributed by atoms with E-state index in [0.29, 0.717) is 38.8 Å². The number of rotatable bonds is 8. The monoisotopic (exact) mass is 482 g/mol. The predicted molar refractivity (Wildman–Crippen MR) is 119 cm³/mol. The maximum absolute atomic E-state index is 12.8. The highest BCUT2D eigenvalue weighted by Crippen LogP contribution is 2.35. The lowest BCUT2D eigenvalue weighted by molar-refractivity contribution is -0.605. The molecule has 0 saturated carbocycles. The minimum absolute atomic E-state index is 0.148. The molecule has 2 N–H and O–H groups in total. The number of halogens is 2. The van der Waals surface area contributed by atoms with Crippen LogP contribution >= 0.6 is 34.5 Å². The van der Waals surface area contributed by atoms with Gasteiger partial charge in [0.1, 0.15) is 21.0 Å². The number of thiophene rings is 1. The maximum Gasteiger partial charge on any atom is 0.348 e. The van der Waals surface area contributed by atoms with E-state index < -0.39 is 12.1 Å². The van der Waals surface area contributed by atoms with Gasteiger partial charge in [0.05, 0.1) is 14.2 Å². The SMILES string of the molecule is COc1ccc([C@H](Cc2c(Cl)c[n+]([O-])cc2Cl)OC(=O)c2ccc(CN)s2)cc1OC. The van der Waals surface area contributed by atoms with Crippen molar-refractivity contribution >= 4 is 40.5 Å². The summed E-state index contributed by atoms with van der Waals surface area (Å²) in [5.74, 6) is 0.502. The summed E-state index contributed by atoms with van der Waals surface area (Å²) in [4.78, 5) is 14.1. The highest BCUT2D eigenvalue weighted by atomic mass is 35.5. The summed E-state index contributed by atoms with van der Waals surface area (Å²) < 4.78 is 17.0. The molecule has 1 atom stereocenters. The first-order chi connectivity index (χ1) is 14.9. The average Bonchev–Trinajstić information content (AvgIpc) is 3.24. The van der Waals surface area contributed by atoms with E-state index in [-0.39, 0.29) is 16.5 Å². The number of hydrogen-bond acceptors (Lipinski definition) is 7. The van der Waals surface area contributed by atoms with Gasteiger partial charge in [-0.15, -0.1) is 11.3 Å². The molecule has 0 bridgehead atoms. The van der Waals surface area contributed by atoms with Gasteiger partial charge in [0.25, 0.3) is 0 Å². The van der Waals surface area contributed by atoms with Crippen molar-refractivity contribution in [2.75, 3.05) is 14.2 Å². The third-order valence-electron chi connectivity index (χ3n) is 4.54. The molecule has 2 heterocycles. The third kappa shape index (κ3) is 5.40. The number of nitrogens with zero attached hydrogens (tertiary/aromatic N) is 1. The Morgan fingerprint density at radius 2 is 1.81 bits per heavy atom. The molecule has 0 fully saturated rings. The lowest BCUT2D eigenvalue weighted by Crippen LogP contribution is -2.25. The standard InChI is InChI=1S/C21H20Cl2N2O5S/c1-28-17-5-3-12(7-19(17)29-2)18(8-14-15(22)10-25(27)11-16(14)23)30-21(26)20-6-4-13(9-24)31-20/h3-7,10-11,18H,8-9,24H2,1-2H3/t18-/m0/s1. The van der Waals surface area contributed by atoms with E-state index in [9.17, 15) is 10.0 Å². The molecule has 1 aromatic carbocycles. The van der Waals surface area contributed by atoms with Gasteiger partial charge in [-0.05, 0) is 29.8 Å². The topological polar surface area (TPSA) is 97.7 Å². The molecule has 31 heavy (non-hydrogen) atoms. The van der Waals surface area contributed by atoms with Crippen molar-refractivity contribution in [1.29, 1.82) is 0 Å². The van der Waals surface area contributed by atoms with Crippen LogP contribution in [0, 0.1) is 5.21 Å². The first-order valence-corrected chi connectivity index (χ1v) is 10.7. The van der Waals surface area contributed by atoms with Gasteiger partial charge in [0, 0.05) is 23.4 Å². The molecule has 0 aliphatic rings. The Labute approximate surface area is 193 Å². The number of ether oxygens (including phenoxy) is 3. The summed E-state index contributed by atoms with van der Waals surface area (Å²) in [6.45, 7) is 0.335. The van der Waals surface area contributed by atoms with E-state index in [1.165, 1.54) is 38.0 Å². The summed E-state index contributed by atoms with van der Waals surface area (Å²) >= 11 is 13.8. The summed E-state index contributed by atoms with van der Waals surface area (Å²) in [7, 11) is 3.04. The number of benzene rings is 1. The molecule has 0 saturated heterocycles. The number of methoxy groups -OCH3 is 2. The molecular formula is C21H20Cl2N2O5S. The van der Waals surface area contributed by atoms with E-state index in [4.69, 9.17) is 43.1 Å². The van der Waals surface area contributed by atoms with Gasteiger partial charge in [-0.2, -0.15) is 4.73 Å². The molecule has 0 amide bonds. The Morgan fingerprint density at radius 1 is 1.13 bits per heavy atom. The summed E-state index contributed by atoms with van der Waals surface area (Å²) in [5, 5.41) is 11.9. The first kappa shape index (κ1) is 23.1. The molecule has 7 nitrogen and oxygen atoms in total. The van der Waals surface area contributed by atoms with Crippen molar-refractivity contribution in [3.63, 3.8) is 0 Å². The zero-order chi connectivity index (χ0) is 22.5. The summed E-state index contributed by atoms with van der Waals surface area (Å²) in [5.41, 5.74) is 6.77. The second-order valence-electron chi connectivity index (χ2n) is 6.48. The fourth-order valence-electron chi connectivity index (χ4n) is 2.98. The van der Waals surface area contributed by atoms with Crippen LogP contribution < -0.4 is 19.9 Å². The van der Waals surface area contributed by atoms with Gasteiger partial charge >= 0.3 is 5.97 Å². The van der Waals surface area contributed by atoms with Crippen LogP contribution in [0.4, 0.5) is 0 Å². The van der Waals surface area contributed by atoms with E-state index >= 15 is 0 Å².